The normalized spacial score (nSPS) is 26.4. The van der Waals surface area contributed by atoms with E-state index in [9.17, 15) is 0 Å². The lowest BCUT2D eigenvalue weighted by atomic mass is 9.99. The Morgan fingerprint density at radius 3 is 3.17 bits per heavy atom. The lowest BCUT2D eigenvalue weighted by molar-refractivity contribution is 0.572. The highest BCUT2D eigenvalue weighted by atomic mass is 32.1. The largest absolute Gasteiger partial charge is 0.267 e. The highest BCUT2D eigenvalue weighted by Crippen LogP contribution is 2.33. The lowest BCUT2D eigenvalue weighted by Gasteiger charge is -2.10. The highest BCUT2D eigenvalue weighted by molar-refractivity contribution is 7.78. The summed E-state index contributed by atoms with van der Waals surface area (Å²) in [5.74, 6) is 0.780. The fraction of sp³-hybridized carbons (Fsp3) is 0.600. The minimum atomic E-state index is 0.780. The van der Waals surface area contributed by atoms with Crippen molar-refractivity contribution in [1.82, 2.24) is 4.72 Å². The van der Waals surface area contributed by atoms with Gasteiger partial charge in [-0.05, 0) is 31.6 Å². The van der Waals surface area contributed by atoms with Crippen molar-refractivity contribution < 1.29 is 0 Å². The SMILES string of the molecule is C=C/C=C1/CCCC1CCNS. The first kappa shape index (κ1) is 9.87. The first-order chi connectivity index (χ1) is 5.88. The standard InChI is InChI=1S/C10H17NS/c1-2-4-9-5-3-6-10(9)7-8-11-12/h2,4,10-12H,1,3,5-8H2/b9-4-. The Kier molecular flexibility index (Phi) is 4.48. The van der Waals surface area contributed by atoms with E-state index < -0.39 is 0 Å². The van der Waals surface area contributed by atoms with Gasteiger partial charge in [0.05, 0.1) is 0 Å². The fourth-order valence-electron chi connectivity index (χ4n) is 1.88. The van der Waals surface area contributed by atoms with Crippen LogP contribution in [0.25, 0.3) is 0 Å². The van der Waals surface area contributed by atoms with Crippen LogP contribution >= 0.6 is 12.8 Å². The Balaban J connectivity index is 2.40. The Morgan fingerprint density at radius 2 is 2.50 bits per heavy atom. The number of hydrogen-bond donors (Lipinski definition) is 2. The van der Waals surface area contributed by atoms with Gasteiger partial charge in [-0.3, -0.25) is 4.72 Å². The van der Waals surface area contributed by atoms with E-state index in [1.54, 1.807) is 5.57 Å². The molecule has 1 unspecified atom stereocenters. The molecule has 1 aliphatic rings. The number of rotatable bonds is 4. The summed E-state index contributed by atoms with van der Waals surface area (Å²) in [6.07, 6.45) is 9.25. The van der Waals surface area contributed by atoms with Gasteiger partial charge in [-0.1, -0.05) is 37.1 Å². The summed E-state index contributed by atoms with van der Waals surface area (Å²) in [6, 6.07) is 0. The average molecular weight is 183 g/mol. The van der Waals surface area contributed by atoms with E-state index >= 15 is 0 Å². The summed E-state index contributed by atoms with van der Waals surface area (Å²) >= 11 is 3.99. The van der Waals surface area contributed by atoms with Gasteiger partial charge in [0.15, 0.2) is 0 Å². The summed E-state index contributed by atoms with van der Waals surface area (Å²) in [4.78, 5) is 0. The Morgan fingerprint density at radius 1 is 1.67 bits per heavy atom. The molecule has 2 heteroatoms. The molecule has 0 heterocycles. The van der Waals surface area contributed by atoms with Gasteiger partial charge in [0, 0.05) is 6.54 Å². The van der Waals surface area contributed by atoms with E-state index in [4.69, 9.17) is 0 Å². The summed E-state index contributed by atoms with van der Waals surface area (Å²) in [5, 5.41) is 0. The van der Waals surface area contributed by atoms with Gasteiger partial charge in [0.25, 0.3) is 0 Å². The molecule has 12 heavy (non-hydrogen) atoms. The third kappa shape index (κ3) is 2.68. The van der Waals surface area contributed by atoms with Gasteiger partial charge in [0.2, 0.25) is 0 Å². The van der Waals surface area contributed by atoms with Crippen LogP contribution in [-0.4, -0.2) is 6.54 Å². The zero-order chi connectivity index (χ0) is 8.81. The van der Waals surface area contributed by atoms with Crippen LogP contribution in [-0.2, 0) is 0 Å². The first-order valence-electron chi connectivity index (χ1n) is 4.57. The Hall–Kier alpha value is -0.210. The van der Waals surface area contributed by atoms with Crippen molar-refractivity contribution in [2.45, 2.75) is 25.7 Å². The molecule has 1 N–H and O–H groups in total. The molecule has 0 aliphatic heterocycles. The lowest BCUT2D eigenvalue weighted by Crippen LogP contribution is -2.07. The fourth-order valence-corrected chi connectivity index (χ4v) is 2.01. The third-order valence-electron chi connectivity index (χ3n) is 2.48. The van der Waals surface area contributed by atoms with Crippen LogP contribution in [0, 0.1) is 5.92 Å². The highest BCUT2D eigenvalue weighted by Gasteiger charge is 2.19. The second kappa shape index (κ2) is 5.44. The number of nitrogens with one attached hydrogen (secondary N) is 1. The zero-order valence-electron chi connectivity index (χ0n) is 7.42. The molecule has 0 aromatic rings. The summed E-state index contributed by atoms with van der Waals surface area (Å²) < 4.78 is 2.90. The summed E-state index contributed by atoms with van der Waals surface area (Å²) in [6.45, 7) is 4.73. The first-order valence-corrected chi connectivity index (χ1v) is 5.01. The van der Waals surface area contributed by atoms with Crippen LogP contribution in [0.1, 0.15) is 25.7 Å². The van der Waals surface area contributed by atoms with Gasteiger partial charge >= 0.3 is 0 Å². The van der Waals surface area contributed by atoms with Gasteiger partial charge in [-0.15, -0.1) is 0 Å². The second-order valence-electron chi connectivity index (χ2n) is 3.26. The molecule has 68 valence electrons. The molecular weight excluding hydrogens is 166 g/mol. The molecule has 0 spiro atoms. The predicted molar refractivity (Wildman–Crippen MR) is 57.2 cm³/mol. The van der Waals surface area contributed by atoms with Gasteiger partial charge in [-0.2, -0.15) is 0 Å². The summed E-state index contributed by atoms with van der Waals surface area (Å²) in [7, 11) is 0. The van der Waals surface area contributed by atoms with E-state index in [0.717, 1.165) is 12.5 Å². The molecule has 1 nitrogen and oxygen atoms in total. The molecule has 1 saturated carbocycles. The topological polar surface area (TPSA) is 12.0 Å². The van der Waals surface area contributed by atoms with Gasteiger partial charge < -0.3 is 0 Å². The molecule has 0 bridgehead atoms. The third-order valence-corrected chi connectivity index (χ3v) is 2.70. The number of hydrogen-bond acceptors (Lipinski definition) is 2. The Bertz CT molecular complexity index is 175. The van der Waals surface area contributed by atoms with Gasteiger partial charge in [-0.25, -0.2) is 0 Å². The molecule has 0 radical (unpaired) electrons. The minimum Gasteiger partial charge on any atom is -0.267 e. The van der Waals surface area contributed by atoms with Crippen molar-refractivity contribution in [3.05, 3.63) is 24.3 Å². The average Bonchev–Trinajstić information content (AvgIpc) is 2.50. The van der Waals surface area contributed by atoms with Crippen molar-refractivity contribution in [1.29, 1.82) is 0 Å². The molecule has 0 amide bonds. The van der Waals surface area contributed by atoms with Gasteiger partial charge in [0.1, 0.15) is 0 Å². The number of thiol groups is 1. The maximum absolute atomic E-state index is 3.99. The van der Waals surface area contributed by atoms with E-state index in [1.807, 2.05) is 6.08 Å². The minimum absolute atomic E-state index is 0.780. The monoisotopic (exact) mass is 183 g/mol. The van der Waals surface area contributed by atoms with Crippen LogP contribution < -0.4 is 4.72 Å². The molecule has 1 fully saturated rings. The van der Waals surface area contributed by atoms with E-state index in [2.05, 4.69) is 30.2 Å². The zero-order valence-corrected chi connectivity index (χ0v) is 8.32. The molecule has 1 rings (SSSR count). The van der Waals surface area contributed by atoms with Crippen molar-refractivity contribution >= 4 is 12.8 Å². The molecule has 0 aromatic heterocycles. The van der Waals surface area contributed by atoms with Crippen LogP contribution in [0.2, 0.25) is 0 Å². The van der Waals surface area contributed by atoms with Crippen LogP contribution in [0.3, 0.4) is 0 Å². The van der Waals surface area contributed by atoms with E-state index in [1.165, 1.54) is 25.7 Å². The predicted octanol–water partition coefficient (Wildman–Crippen LogP) is 2.72. The van der Waals surface area contributed by atoms with E-state index in [0.29, 0.717) is 0 Å². The van der Waals surface area contributed by atoms with Crippen molar-refractivity contribution in [3.8, 4) is 0 Å². The molecule has 0 saturated heterocycles. The smallest absolute Gasteiger partial charge is 0.00618 e. The van der Waals surface area contributed by atoms with E-state index in [-0.39, 0.29) is 0 Å². The molecule has 1 aliphatic carbocycles. The van der Waals surface area contributed by atoms with Crippen LogP contribution in [0.5, 0.6) is 0 Å². The van der Waals surface area contributed by atoms with Crippen LogP contribution in [0.4, 0.5) is 0 Å². The maximum atomic E-state index is 3.99. The second-order valence-corrected chi connectivity index (χ2v) is 3.58. The van der Waals surface area contributed by atoms with Crippen LogP contribution in [0.15, 0.2) is 24.3 Å². The van der Waals surface area contributed by atoms with Crippen molar-refractivity contribution in [2.24, 2.45) is 5.92 Å². The van der Waals surface area contributed by atoms with Crippen molar-refractivity contribution in [3.63, 3.8) is 0 Å². The maximum Gasteiger partial charge on any atom is 0.00618 e. The molecule has 1 atom stereocenters. The Labute approximate surface area is 80.5 Å². The molecular formula is C10H17NS. The number of allylic oxidation sites excluding steroid dienone is 3. The quantitative estimate of drug-likeness (QED) is 0.639. The van der Waals surface area contributed by atoms with Crippen molar-refractivity contribution in [2.75, 3.05) is 6.54 Å². The molecule has 0 aromatic carbocycles. The summed E-state index contributed by atoms with van der Waals surface area (Å²) in [5.41, 5.74) is 1.58.